The highest BCUT2D eigenvalue weighted by atomic mass is 16.6. The van der Waals surface area contributed by atoms with Gasteiger partial charge in [-0.2, -0.15) is 0 Å². The zero-order chi connectivity index (χ0) is 17.8. The second-order valence-corrected chi connectivity index (χ2v) is 7.11. The van der Waals surface area contributed by atoms with E-state index in [2.05, 4.69) is 6.92 Å². The number of carbonyl (C=O) groups excluding carboxylic acids is 2. The SMILES string of the molecule is CCCCCCCCCOC(=O)C1CCCN1C(=O)OCC(C)C. The van der Waals surface area contributed by atoms with Crippen LogP contribution in [0.1, 0.15) is 78.6 Å². The van der Waals surface area contributed by atoms with Crippen LogP contribution in [0, 0.1) is 5.92 Å². The number of nitrogens with zero attached hydrogens (tertiary/aromatic N) is 1. The van der Waals surface area contributed by atoms with Gasteiger partial charge in [0.05, 0.1) is 13.2 Å². The lowest BCUT2D eigenvalue weighted by Gasteiger charge is -2.23. The van der Waals surface area contributed by atoms with Crippen LogP contribution in [-0.2, 0) is 14.3 Å². The second kappa shape index (κ2) is 12.2. The van der Waals surface area contributed by atoms with Gasteiger partial charge in [-0.3, -0.25) is 4.90 Å². The fourth-order valence-electron chi connectivity index (χ4n) is 2.88. The van der Waals surface area contributed by atoms with Gasteiger partial charge in [-0.1, -0.05) is 59.3 Å². The summed E-state index contributed by atoms with van der Waals surface area (Å²) in [6.07, 6.45) is 9.44. The molecule has 1 saturated heterocycles. The predicted octanol–water partition coefficient (Wildman–Crippen LogP) is 4.54. The van der Waals surface area contributed by atoms with Crippen molar-refractivity contribution < 1.29 is 19.1 Å². The first kappa shape index (κ1) is 20.8. The van der Waals surface area contributed by atoms with Crippen molar-refractivity contribution in [3.05, 3.63) is 0 Å². The number of carbonyl (C=O) groups is 2. The lowest BCUT2D eigenvalue weighted by molar-refractivity contribution is -0.148. The highest BCUT2D eigenvalue weighted by Crippen LogP contribution is 2.20. The Kier molecular flexibility index (Phi) is 10.5. The average Bonchev–Trinajstić information content (AvgIpc) is 3.04. The monoisotopic (exact) mass is 341 g/mol. The van der Waals surface area contributed by atoms with Crippen LogP contribution in [0.2, 0.25) is 0 Å². The largest absolute Gasteiger partial charge is 0.464 e. The Morgan fingerprint density at radius 2 is 1.71 bits per heavy atom. The Labute approximate surface area is 147 Å². The highest BCUT2D eigenvalue weighted by molar-refractivity contribution is 5.82. The van der Waals surface area contributed by atoms with Gasteiger partial charge in [-0.15, -0.1) is 0 Å². The minimum Gasteiger partial charge on any atom is -0.464 e. The Hall–Kier alpha value is -1.26. The van der Waals surface area contributed by atoms with Crippen LogP contribution in [0.15, 0.2) is 0 Å². The summed E-state index contributed by atoms with van der Waals surface area (Å²) in [5, 5.41) is 0. The zero-order valence-electron chi connectivity index (χ0n) is 15.7. The van der Waals surface area contributed by atoms with Crippen molar-refractivity contribution >= 4 is 12.1 Å². The first-order valence-corrected chi connectivity index (χ1v) is 9.66. The Morgan fingerprint density at radius 3 is 2.38 bits per heavy atom. The van der Waals surface area contributed by atoms with Crippen LogP contribution in [0.25, 0.3) is 0 Å². The average molecular weight is 341 g/mol. The van der Waals surface area contributed by atoms with E-state index in [4.69, 9.17) is 9.47 Å². The third-order valence-corrected chi connectivity index (χ3v) is 4.29. The van der Waals surface area contributed by atoms with E-state index in [9.17, 15) is 9.59 Å². The standard InChI is InChI=1S/C19H35NO4/c1-4-5-6-7-8-9-10-14-23-18(21)17-12-11-13-20(17)19(22)24-15-16(2)3/h16-17H,4-15H2,1-3H3. The van der Waals surface area contributed by atoms with Gasteiger partial charge in [0, 0.05) is 6.54 Å². The van der Waals surface area contributed by atoms with Crippen molar-refractivity contribution in [3.63, 3.8) is 0 Å². The Morgan fingerprint density at radius 1 is 1.04 bits per heavy atom. The first-order valence-electron chi connectivity index (χ1n) is 9.66. The summed E-state index contributed by atoms with van der Waals surface area (Å²) in [6, 6.07) is -0.464. The number of amides is 1. The van der Waals surface area contributed by atoms with Crippen LogP contribution < -0.4 is 0 Å². The summed E-state index contributed by atoms with van der Waals surface area (Å²) in [5.74, 6) is 0.0132. The van der Waals surface area contributed by atoms with Gasteiger partial charge in [0.2, 0.25) is 0 Å². The Bertz CT molecular complexity index is 370. The van der Waals surface area contributed by atoms with Crippen LogP contribution in [0.4, 0.5) is 4.79 Å². The lowest BCUT2D eigenvalue weighted by atomic mass is 10.1. The van der Waals surface area contributed by atoms with Crippen molar-refractivity contribution in [1.29, 1.82) is 0 Å². The highest BCUT2D eigenvalue weighted by Gasteiger charge is 2.36. The van der Waals surface area contributed by atoms with E-state index in [1.54, 1.807) is 0 Å². The third kappa shape index (κ3) is 8.02. The first-order chi connectivity index (χ1) is 11.6. The number of rotatable bonds is 11. The van der Waals surface area contributed by atoms with Crippen LogP contribution in [-0.4, -0.2) is 42.8 Å². The van der Waals surface area contributed by atoms with Crippen LogP contribution in [0.5, 0.6) is 0 Å². The molecule has 1 aliphatic rings. The van der Waals surface area contributed by atoms with Gasteiger partial charge >= 0.3 is 12.1 Å². The maximum absolute atomic E-state index is 12.2. The Balaban J connectivity index is 2.19. The fourth-order valence-corrected chi connectivity index (χ4v) is 2.88. The summed E-state index contributed by atoms with van der Waals surface area (Å²) >= 11 is 0. The van der Waals surface area contributed by atoms with E-state index in [1.165, 1.54) is 37.0 Å². The molecular formula is C19H35NO4. The molecule has 0 aromatic carbocycles. The molecule has 140 valence electrons. The summed E-state index contributed by atoms with van der Waals surface area (Å²) in [4.78, 5) is 25.8. The molecule has 1 heterocycles. The minimum atomic E-state index is -0.464. The molecule has 0 radical (unpaired) electrons. The quantitative estimate of drug-likeness (QED) is 0.409. The van der Waals surface area contributed by atoms with Gasteiger partial charge in [-0.25, -0.2) is 9.59 Å². The zero-order valence-corrected chi connectivity index (χ0v) is 15.7. The van der Waals surface area contributed by atoms with Crippen molar-refractivity contribution in [2.24, 2.45) is 5.92 Å². The number of hydrogen-bond donors (Lipinski definition) is 0. The molecule has 1 unspecified atom stereocenters. The summed E-state index contributed by atoms with van der Waals surface area (Å²) in [7, 11) is 0. The molecule has 0 N–H and O–H groups in total. The van der Waals surface area contributed by atoms with Crippen molar-refractivity contribution in [2.45, 2.75) is 84.6 Å². The molecular weight excluding hydrogens is 306 g/mol. The van der Waals surface area contributed by atoms with E-state index in [-0.39, 0.29) is 12.1 Å². The molecule has 1 atom stereocenters. The lowest BCUT2D eigenvalue weighted by Crippen LogP contribution is -2.42. The molecule has 1 rings (SSSR count). The molecule has 1 amide bonds. The van der Waals surface area contributed by atoms with Crippen molar-refractivity contribution in [1.82, 2.24) is 4.90 Å². The fraction of sp³-hybridized carbons (Fsp3) is 0.895. The van der Waals surface area contributed by atoms with Crippen LogP contribution in [0.3, 0.4) is 0 Å². The van der Waals surface area contributed by atoms with E-state index in [0.717, 1.165) is 19.3 Å². The summed E-state index contributed by atoms with van der Waals surface area (Å²) in [6.45, 7) is 7.61. The van der Waals surface area contributed by atoms with Gasteiger partial charge < -0.3 is 9.47 Å². The third-order valence-electron chi connectivity index (χ3n) is 4.29. The van der Waals surface area contributed by atoms with Gasteiger partial charge in [-0.05, 0) is 25.2 Å². The van der Waals surface area contributed by atoms with E-state index >= 15 is 0 Å². The van der Waals surface area contributed by atoms with Gasteiger partial charge in [0.1, 0.15) is 6.04 Å². The van der Waals surface area contributed by atoms with Crippen LogP contribution >= 0.6 is 0 Å². The molecule has 0 bridgehead atoms. The minimum absolute atomic E-state index is 0.278. The summed E-state index contributed by atoms with van der Waals surface area (Å²) < 4.78 is 10.6. The molecule has 0 aliphatic carbocycles. The van der Waals surface area contributed by atoms with E-state index in [1.807, 2.05) is 13.8 Å². The molecule has 1 fully saturated rings. The molecule has 0 aromatic rings. The predicted molar refractivity (Wildman–Crippen MR) is 94.9 cm³/mol. The van der Waals surface area contributed by atoms with Gasteiger partial charge in [0.15, 0.2) is 0 Å². The molecule has 0 aromatic heterocycles. The number of unbranched alkanes of at least 4 members (excludes halogenated alkanes) is 6. The molecule has 24 heavy (non-hydrogen) atoms. The molecule has 5 heteroatoms. The van der Waals surface area contributed by atoms with Crippen molar-refractivity contribution in [2.75, 3.05) is 19.8 Å². The number of ether oxygens (including phenoxy) is 2. The molecule has 0 spiro atoms. The van der Waals surface area contributed by atoms with Crippen molar-refractivity contribution in [3.8, 4) is 0 Å². The van der Waals surface area contributed by atoms with Gasteiger partial charge in [0.25, 0.3) is 0 Å². The second-order valence-electron chi connectivity index (χ2n) is 7.11. The normalized spacial score (nSPS) is 17.3. The number of hydrogen-bond acceptors (Lipinski definition) is 4. The maximum Gasteiger partial charge on any atom is 0.410 e. The number of likely N-dealkylation sites (tertiary alicyclic amines) is 1. The molecule has 1 aliphatic heterocycles. The van der Waals surface area contributed by atoms with E-state index < -0.39 is 6.04 Å². The van der Waals surface area contributed by atoms with E-state index in [0.29, 0.717) is 32.1 Å². The maximum atomic E-state index is 12.2. The molecule has 0 saturated carbocycles. The number of esters is 1. The summed E-state index contributed by atoms with van der Waals surface area (Å²) in [5.41, 5.74) is 0. The smallest absolute Gasteiger partial charge is 0.410 e. The topological polar surface area (TPSA) is 55.8 Å². The molecule has 5 nitrogen and oxygen atoms in total.